The summed E-state index contributed by atoms with van der Waals surface area (Å²) in [4.78, 5) is 7.11. The Labute approximate surface area is 186 Å². The zero-order valence-electron chi connectivity index (χ0n) is 17.4. The Hall–Kier alpha value is -2.90. The summed E-state index contributed by atoms with van der Waals surface area (Å²) in [6.45, 7) is 3.90. The van der Waals surface area contributed by atoms with E-state index < -0.39 is 0 Å². The number of nitrogens with zero attached hydrogens (tertiary/aromatic N) is 5. The number of aromatic nitrogens is 4. The fraction of sp³-hybridized carbons (Fsp3) is 0.292. The van der Waals surface area contributed by atoms with Crippen LogP contribution in [0.5, 0.6) is 0 Å². The molecule has 158 valence electrons. The lowest BCUT2D eigenvalue weighted by atomic mass is 10.2. The molecule has 1 saturated heterocycles. The lowest BCUT2D eigenvalue weighted by Crippen LogP contribution is -2.21. The molecule has 0 radical (unpaired) electrons. The molecular formula is C24H25N5OS. The van der Waals surface area contributed by atoms with Gasteiger partial charge in [-0.2, -0.15) is 0 Å². The van der Waals surface area contributed by atoms with Crippen molar-refractivity contribution < 1.29 is 4.42 Å². The number of hydrogen-bond acceptors (Lipinski definition) is 6. The first kappa shape index (κ1) is 20.0. The fourth-order valence-electron chi connectivity index (χ4n) is 3.83. The molecule has 2 aromatic carbocycles. The van der Waals surface area contributed by atoms with Crippen molar-refractivity contribution in [3.8, 4) is 11.5 Å². The van der Waals surface area contributed by atoms with E-state index in [0.29, 0.717) is 11.6 Å². The maximum atomic E-state index is 5.68. The van der Waals surface area contributed by atoms with Crippen LogP contribution in [0.2, 0.25) is 0 Å². The minimum atomic E-state index is 0.650. The van der Waals surface area contributed by atoms with Crippen molar-refractivity contribution in [2.24, 2.45) is 0 Å². The van der Waals surface area contributed by atoms with E-state index in [0.717, 1.165) is 48.4 Å². The summed E-state index contributed by atoms with van der Waals surface area (Å²) in [6.07, 6.45) is 4.27. The van der Waals surface area contributed by atoms with Gasteiger partial charge in [-0.25, -0.2) is 4.98 Å². The molecule has 0 bridgehead atoms. The van der Waals surface area contributed by atoms with Crippen LogP contribution in [0.25, 0.3) is 11.5 Å². The molecule has 31 heavy (non-hydrogen) atoms. The molecule has 4 aromatic rings. The molecule has 0 N–H and O–H groups in total. The number of benzene rings is 2. The first-order valence-electron chi connectivity index (χ1n) is 10.7. The van der Waals surface area contributed by atoms with E-state index in [9.17, 15) is 0 Å². The van der Waals surface area contributed by atoms with E-state index in [2.05, 4.69) is 48.9 Å². The summed E-state index contributed by atoms with van der Waals surface area (Å²) >= 11 is 1.65. The molecule has 1 aliphatic heterocycles. The molecule has 2 aromatic heterocycles. The van der Waals surface area contributed by atoms with Crippen LogP contribution < -0.4 is 0 Å². The van der Waals surface area contributed by atoms with E-state index in [1.54, 1.807) is 18.0 Å². The first-order valence-corrected chi connectivity index (χ1v) is 11.6. The summed E-state index contributed by atoms with van der Waals surface area (Å²) in [6, 6.07) is 20.5. The van der Waals surface area contributed by atoms with Gasteiger partial charge in [0.05, 0.1) is 18.8 Å². The lowest BCUT2D eigenvalue weighted by molar-refractivity contribution is 0.316. The second kappa shape index (κ2) is 9.49. The Morgan fingerprint density at radius 1 is 0.871 bits per heavy atom. The van der Waals surface area contributed by atoms with Crippen molar-refractivity contribution in [2.45, 2.75) is 36.8 Å². The zero-order chi connectivity index (χ0) is 20.9. The SMILES string of the molecule is c1ccc(Cn2c(CN3CCCC3)nnc2SCc2coc(-c3ccccc3)n2)cc1. The molecule has 5 rings (SSSR count). The summed E-state index contributed by atoms with van der Waals surface area (Å²) in [5.41, 5.74) is 3.14. The van der Waals surface area contributed by atoms with E-state index in [4.69, 9.17) is 4.42 Å². The predicted molar refractivity (Wildman–Crippen MR) is 122 cm³/mol. The summed E-state index contributed by atoms with van der Waals surface area (Å²) in [5, 5.41) is 9.99. The van der Waals surface area contributed by atoms with Crippen molar-refractivity contribution in [1.29, 1.82) is 0 Å². The highest BCUT2D eigenvalue weighted by Gasteiger charge is 2.19. The highest BCUT2D eigenvalue weighted by molar-refractivity contribution is 7.98. The minimum Gasteiger partial charge on any atom is -0.444 e. The van der Waals surface area contributed by atoms with Crippen LogP contribution in [0.4, 0.5) is 0 Å². The van der Waals surface area contributed by atoms with Crippen LogP contribution in [0, 0.1) is 0 Å². The second-order valence-electron chi connectivity index (χ2n) is 7.75. The van der Waals surface area contributed by atoms with Gasteiger partial charge in [0.1, 0.15) is 12.1 Å². The Morgan fingerprint density at radius 3 is 2.39 bits per heavy atom. The molecule has 7 heteroatoms. The Morgan fingerprint density at radius 2 is 1.61 bits per heavy atom. The smallest absolute Gasteiger partial charge is 0.226 e. The van der Waals surface area contributed by atoms with Gasteiger partial charge in [0.25, 0.3) is 0 Å². The third-order valence-corrected chi connectivity index (χ3v) is 6.46. The number of likely N-dealkylation sites (tertiary alicyclic amines) is 1. The van der Waals surface area contributed by atoms with Crippen molar-refractivity contribution >= 4 is 11.8 Å². The third kappa shape index (κ3) is 4.89. The van der Waals surface area contributed by atoms with Crippen LogP contribution in [0.15, 0.2) is 76.5 Å². The van der Waals surface area contributed by atoms with Gasteiger partial charge >= 0.3 is 0 Å². The van der Waals surface area contributed by atoms with Gasteiger partial charge in [0.2, 0.25) is 5.89 Å². The molecule has 0 saturated carbocycles. The van der Waals surface area contributed by atoms with Gasteiger partial charge in [-0.05, 0) is 43.6 Å². The molecule has 0 amide bonds. The molecule has 6 nitrogen and oxygen atoms in total. The maximum absolute atomic E-state index is 5.68. The molecule has 0 unspecified atom stereocenters. The minimum absolute atomic E-state index is 0.650. The zero-order valence-corrected chi connectivity index (χ0v) is 18.2. The first-order chi connectivity index (χ1) is 15.3. The molecule has 0 atom stereocenters. The van der Waals surface area contributed by atoms with Crippen molar-refractivity contribution in [3.63, 3.8) is 0 Å². The number of rotatable bonds is 8. The van der Waals surface area contributed by atoms with Gasteiger partial charge in [0.15, 0.2) is 5.16 Å². The second-order valence-corrected chi connectivity index (χ2v) is 8.69. The molecule has 1 aliphatic rings. The lowest BCUT2D eigenvalue weighted by Gasteiger charge is -2.16. The number of thioether (sulfide) groups is 1. The Kier molecular flexibility index (Phi) is 6.13. The van der Waals surface area contributed by atoms with Crippen molar-refractivity contribution in [1.82, 2.24) is 24.6 Å². The number of hydrogen-bond donors (Lipinski definition) is 0. The molecule has 3 heterocycles. The molecule has 0 spiro atoms. The largest absolute Gasteiger partial charge is 0.444 e. The average Bonchev–Trinajstić information content (AvgIpc) is 3.57. The van der Waals surface area contributed by atoms with Crippen LogP contribution in [-0.4, -0.2) is 37.7 Å². The molecular weight excluding hydrogens is 406 g/mol. The summed E-state index contributed by atoms with van der Waals surface area (Å²) in [7, 11) is 0. The van der Waals surface area contributed by atoms with Crippen LogP contribution in [0.3, 0.4) is 0 Å². The molecule has 1 fully saturated rings. The summed E-state index contributed by atoms with van der Waals surface area (Å²) < 4.78 is 7.93. The van der Waals surface area contributed by atoms with Gasteiger partial charge in [-0.3, -0.25) is 4.90 Å². The quantitative estimate of drug-likeness (QED) is 0.371. The van der Waals surface area contributed by atoms with E-state index in [1.165, 1.54) is 18.4 Å². The third-order valence-electron chi connectivity index (χ3n) is 5.46. The van der Waals surface area contributed by atoms with E-state index in [-0.39, 0.29) is 0 Å². The molecule has 0 aliphatic carbocycles. The standard InChI is InChI=1S/C24H25N5OS/c1-3-9-19(10-4-1)15-29-22(16-28-13-7-8-14-28)26-27-24(29)31-18-21-17-30-23(25-21)20-11-5-2-6-12-20/h1-6,9-12,17H,7-8,13-16,18H2. The van der Waals surface area contributed by atoms with Crippen LogP contribution in [0.1, 0.15) is 29.9 Å². The predicted octanol–water partition coefficient (Wildman–Crippen LogP) is 4.87. The number of oxazole rings is 1. The topological polar surface area (TPSA) is 60.0 Å². The van der Waals surface area contributed by atoms with Crippen molar-refractivity contribution in [2.75, 3.05) is 13.1 Å². The fourth-order valence-corrected chi connectivity index (χ4v) is 4.67. The van der Waals surface area contributed by atoms with Crippen molar-refractivity contribution in [3.05, 3.63) is 84.0 Å². The van der Waals surface area contributed by atoms with E-state index >= 15 is 0 Å². The van der Waals surface area contributed by atoms with Gasteiger partial charge in [-0.1, -0.05) is 60.3 Å². The van der Waals surface area contributed by atoms with Crippen LogP contribution >= 0.6 is 11.8 Å². The monoisotopic (exact) mass is 431 g/mol. The Bertz CT molecular complexity index is 1100. The maximum Gasteiger partial charge on any atom is 0.226 e. The van der Waals surface area contributed by atoms with Crippen LogP contribution in [-0.2, 0) is 18.8 Å². The highest BCUT2D eigenvalue weighted by atomic mass is 32.2. The van der Waals surface area contributed by atoms with E-state index in [1.807, 2.05) is 36.4 Å². The van der Waals surface area contributed by atoms with Gasteiger partial charge in [0, 0.05) is 11.3 Å². The van der Waals surface area contributed by atoms with Gasteiger partial charge in [-0.15, -0.1) is 10.2 Å². The normalized spacial score (nSPS) is 14.3. The average molecular weight is 432 g/mol. The Balaban J connectivity index is 1.33. The van der Waals surface area contributed by atoms with Gasteiger partial charge < -0.3 is 8.98 Å². The highest BCUT2D eigenvalue weighted by Crippen LogP contribution is 2.26. The summed E-state index contributed by atoms with van der Waals surface area (Å²) in [5.74, 6) is 2.36.